The number of hydrogen-bond acceptors (Lipinski definition) is 3. The number of nitrogens with zero attached hydrogens (tertiary/aromatic N) is 2. The third kappa shape index (κ3) is 2.09. The van der Waals surface area contributed by atoms with Crippen LogP contribution in [0.3, 0.4) is 0 Å². The summed E-state index contributed by atoms with van der Waals surface area (Å²) >= 11 is 0. The van der Waals surface area contributed by atoms with Crippen LogP contribution in [0.4, 0.5) is 10.1 Å². The van der Waals surface area contributed by atoms with Gasteiger partial charge < -0.3 is 4.90 Å². The quantitative estimate of drug-likeness (QED) is 0.879. The molecule has 1 spiro atoms. The van der Waals surface area contributed by atoms with E-state index in [1.54, 1.807) is 17.0 Å². The van der Waals surface area contributed by atoms with Crippen LogP contribution < -0.4 is 10.5 Å². The topological polar surface area (TPSA) is 66.1 Å². The van der Waals surface area contributed by atoms with Crippen molar-refractivity contribution in [2.45, 2.75) is 31.1 Å². The van der Waals surface area contributed by atoms with E-state index in [0.29, 0.717) is 17.8 Å². The number of aromatic amines is 1. The fraction of sp³-hybridized carbons (Fsp3) is 0.353. The maximum absolute atomic E-state index is 14.5. The Hall–Kier alpha value is -2.50. The van der Waals surface area contributed by atoms with Gasteiger partial charge in [0.1, 0.15) is 11.5 Å². The normalized spacial score (nSPS) is 18.4. The fourth-order valence-corrected chi connectivity index (χ4v) is 3.97. The number of nitrogens with one attached hydrogen (secondary N) is 1. The molecule has 1 aromatic carbocycles. The van der Waals surface area contributed by atoms with Gasteiger partial charge in [0.25, 0.3) is 11.5 Å². The van der Waals surface area contributed by atoms with Crippen molar-refractivity contribution < 1.29 is 9.18 Å². The lowest BCUT2D eigenvalue weighted by Crippen LogP contribution is -2.36. The number of carbonyl (C=O) groups is 1. The van der Waals surface area contributed by atoms with Gasteiger partial charge in [-0.2, -0.15) is 5.10 Å². The van der Waals surface area contributed by atoms with Gasteiger partial charge >= 0.3 is 0 Å². The Labute approximate surface area is 132 Å². The van der Waals surface area contributed by atoms with Crippen LogP contribution in [0, 0.1) is 5.82 Å². The summed E-state index contributed by atoms with van der Waals surface area (Å²) in [6.45, 7) is 0.475. The van der Waals surface area contributed by atoms with E-state index in [9.17, 15) is 14.0 Å². The smallest absolute Gasteiger partial charge is 0.278 e. The van der Waals surface area contributed by atoms with Crippen molar-refractivity contribution in [3.05, 3.63) is 57.8 Å². The molecule has 118 valence electrons. The highest BCUT2D eigenvalue weighted by molar-refractivity contribution is 6.06. The first-order valence-electron chi connectivity index (χ1n) is 7.77. The highest BCUT2D eigenvalue weighted by Crippen LogP contribution is 2.51. The zero-order chi connectivity index (χ0) is 16.0. The van der Waals surface area contributed by atoms with Crippen LogP contribution in [0.5, 0.6) is 0 Å². The predicted molar refractivity (Wildman–Crippen MR) is 83.1 cm³/mol. The summed E-state index contributed by atoms with van der Waals surface area (Å²) in [5.74, 6) is -0.550. The molecule has 1 aromatic heterocycles. The second-order valence-electron chi connectivity index (χ2n) is 6.32. The molecule has 2 aromatic rings. The lowest BCUT2D eigenvalue weighted by atomic mass is 9.80. The zero-order valence-corrected chi connectivity index (χ0v) is 12.5. The van der Waals surface area contributed by atoms with Gasteiger partial charge in [0.05, 0.1) is 5.69 Å². The summed E-state index contributed by atoms with van der Waals surface area (Å²) < 4.78 is 14.5. The van der Waals surface area contributed by atoms with E-state index in [-0.39, 0.29) is 28.4 Å². The Morgan fingerprint density at radius 2 is 2.00 bits per heavy atom. The Morgan fingerprint density at radius 3 is 2.70 bits per heavy atom. The summed E-state index contributed by atoms with van der Waals surface area (Å²) in [7, 11) is 0. The number of amides is 1. The highest BCUT2D eigenvalue weighted by Gasteiger charge is 2.48. The molecule has 0 atom stereocenters. The van der Waals surface area contributed by atoms with E-state index in [4.69, 9.17) is 0 Å². The van der Waals surface area contributed by atoms with Gasteiger partial charge in [0.2, 0.25) is 0 Å². The molecule has 1 aliphatic heterocycles. The Morgan fingerprint density at radius 1 is 1.22 bits per heavy atom. The molecule has 2 heterocycles. The number of H-pyrrole nitrogens is 1. The molecule has 0 unspecified atom stereocenters. The number of halogens is 1. The Bertz CT molecular complexity index is 819. The first kappa shape index (κ1) is 14.1. The van der Waals surface area contributed by atoms with Crippen LogP contribution in [0.25, 0.3) is 0 Å². The van der Waals surface area contributed by atoms with Gasteiger partial charge in [0, 0.05) is 23.6 Å². The molecule has 1 N–H and O–H groups in total. The Kier molecular flexibility index (Phi) is 3.07. The SMILES string of the molecule is O=C(c1ccc(=O)[nH]n1)N1CC2(CCCC2)c2c(F)cccc21. The van der Waals surface area contributed by atoms with E-state index < -0.39 is 0 Å². The van der Waals surface area contributed by atoms with Crippen LogP contribution in [0.15, 0.2) is 35.1 Å². The number of rotatable bonds is 1. The van der Waals surface area contributed by atoms with Crippen molar-refractivity contribution in [2.24, 2.45) is 0 Å². The molecule has 23 heavy (non-hydrogen) atoms. The molecule has 1 fully saturated rings. The standard InChI is InChI=1S/C17H16FN3O2/c18-11-4-3-5-13-15(11)17(8-1-2-9-17)10-21(13)16(23)12-6-7-14(22)20-19-12/h3-7H,1-2,8-10H2,(H,20,22). The molecular weight excluding hydrogens is 297 g/mol. The Balaban J connectivity index is 1.79. The lowest BCUT2D eigenvalue weighted by molar-refractivity contribution is 0.0979. The van der Waals surface area contributed by atoms with Crippen LogP contribution >= 0.6 is 0 Å². The maximum atomic E-state index is 14.5. The number of carbonyl (C=O) groups excluding carboxylic acids is 1. The molecule has 4 rings (SSSR count). The largest absolute Gasteiger partial charge is 0.306 e. The van der Waals surface area contributed by atoms with Gasteiger partial charge in [-0.15, -0.1) is 0 Å². The van der Waals surface area contributed by atoms with Crippen molar-refractivity contribution in [3.63, 3.8) is 0 Å². The van der Waals surface area contributed by atoms with E-state index in [2.05, 4.69) is 10.2 Å². The monoisotopic (exact) mass is 313 g/mol. The first-order chi connectivity index (χ1) is 11.1. The molecule has 2 aliphatic rings. The van der Waals surface area contributed by atoms with Gasteiger partial charge in [-0.25, -0.2) is 9.49 Å². The fourth-order valence-electron chi connectivity index (χ4n) is 3.97. The second kappa shape index (κ2) is 5.01. The number of hydrogen-bond donors (Lipinski definition) is 1. The molecule has 5 nitrogen and oxygen atoms in total. The van der Waals surface area contributed by atoms with Crippen molar-refractivity contribution in [1.29, 1.82) is 0 Å². The zero-order valence-electron chi connectivity index (χ0n) is 12.5. The van der Waals surface area contributed by atoms with Crippen LogP contribution in [-0.4, -0.2) is 22.6 Å². The third-order valence-electron chi connectivity index (χ3n) is 4.98. The lowest BCUT2D eigenvalue weighted by Gasteiger charge is -2.24. The van der Waals surface area contributed by atoms with Crippen molar-refractivity contribution >= 4 is 11.6 Å². The average Bonchev–Trinajstić information content (AvgIpc) is 3.14. The maximum Gasteiger partial charge on any atom is 0.278 e. The summed E-state index contributed by atoms with van der Waals surface area (Å²) in [4.78, 5) is 25.5. The van der Waals surface area contributed by atoms with Crippen LogP contribution in [0.2, 0.25) is 0 Å². The average molecular weight is 313 g/mol. The molecular formula is C17H16FN3O2. The van der Waals surface area contributed by atoms with Crippen LogP contribution in [-0.2, 0) is 5.41 Å². The van der Waals surface area contributed by atoms with E-state index >= 15 is 0 Å². The summed E-state index contributed by atoms with van der Waals surface area (Å²) in [6, 6.07) is 7.55. The van der Waals surface area contributed by atoms with Crippen molar-refractivity contribution in [2.75, 3.05) is 11.4 Å². The summed E-state index contributed by atoms with van der Waals surface area (Å²) in [5.41, 5.74) is 0.815. The predicted octanol–water partition coefficient (Wildman–Crippen LogP) is 2.38. The third-order valence-corrected chi connectivity index (χ3v) is 4.98. The molecule has 0 bridgehead atoms. The van der Waals surface area contributed by atoms with Gasteiger partial charge in [-0.05, 0) is 31.0 Å². The minimum Gasteiger partial charge on any atom is -0.306 e. The highest BCUT2D eigenvalue weighted by atomic mass is 19.1. The first-order valence-corrected chi connectivity index (χ1v) is 7.77. The summed E-state index contributed by atoms with van der Waals surface area (Å²) in [6.07, 6.45) is 3.88. The van der Waals surface area contributed by atoms with E-state index in [1.807, 2.05) is 0 Å². The number of benzene rings is 1. The molecule has 1 amide bonds. The van der Waals surface area contributed by atoms with Crippen molar-refractivity contribution in [1.82, 2.24) is 10.2 Å². The van der Waals surface area contributed by atoms with Gasteiger partial charge in [-0.3, -0.25) is 9.59 Å². The molecule has 1 aliphatic carbocycles. The molecule has 1 saturated carbocycles. The van der Waals surface area contributed by atoms with Crippen LogP contribution in [0.1, 0.15) is 41.7 Å². The molecule has 0 saturated heterocycles. The van der Waals surface area contributed by atoms with E-state index in [1.165, 1.54) is 18.2 Å². The molecule has 0 radical (unpaired) electrons. The van der Waals surface area contributed by atoms with E-state index in [0.717, 1.165) is 25.7 Å². The molecule has 6 heteroatoms. The van der Waals surface area contributed by atoms with Gasteiger partial charge in [-0.1, -0.05) is 18.9 Å². The van der Waals surface area contributed by atoms with Crippen molar-refractivity contribution in [3.8, 4) is 0 Å². The second-order valence-corrected chi connectivity index (χ2v) is 6.32. The number of anilines is 1. The minimum atomic E-state index is -0.360. The van der Waals surface area contributed by atoms with Gasteiger partial charge in [0.15, 0.2) is 0 Å². The summed E-state index contributed by atoms with van der Waals surface area (Å²) in [5, 5.41) is 6.08. The minimum absolute atomic E-state index is 0.162. The number of aromatic nitrogens is 2. The number of fused-ring (bicyclic) bond motifs is 2.